The SMILES string of the molecule is NOCCc1cc(C(F)(F)F)ccc1O. The van der Waals surface area contributed by atoms with E-state index >= 15 is 0 Å². The normalized spacial score (nSPS) is 11.7. The molecule has 0 bridgehead atoms. The third-order valence-corrected chi connectivity index (χ3v) is 1.90. The second kappa shape index (κ2) is 4.50. The zero-order chi connectivity index (χ0) is 11.5. The molecule has 0 fully saturated rings. The van der Waals surface area contributed by atoms with Crippen LogP contribution < -0.4 is 5.90 Å². The van der Waals surface area contributed by atoms with Crippen molar-refractivity contribution in [2.45, 2.75) is 12.6 Å². The average Bonchev–Trinajstić information content (AvgIpc) is 2.15. The fourth-order valence-corrected chi connectivity index (χ4v) is 1.13. The zero-order valence-electron chi connectivity index (χ0n) is 7.71. The first-order valence-electron chi connectivity index (χ1n) is 4.16. The van der Waals surface area contributed by atoms with Gasteiger partial charge in [-0.2, -0.15) is 13.2 Å². The van der Waals surface area contributed by atoms with Crippen molar-refractivity contribution in [3.8, 4) is 5.75 Å². The highest BCUT2D eigenvalue weighted by atomic mass is 19.4. The zero-order valence-corrected chi connectivity index (χ0v) is 7.71. The molecule has 1 aromatic rings. The molecule has 1 rings (SSSR count). The van der Waals surface area contributed by atoms with Crippen LogP contribution in [0.25, 0.3) is 0 Å². The van der Waals surface area contributed by atoms with Crippen LogP contribution in [-0.4, -0.2) is 11.7 Å². The molecule has 6 heteroatoms. The molecule has 0 unspecified atom stereocenters. The Kier molecular flexibility index (Phi) is 3.54. The van der Waals surface area contributed by atoms with Gasteiger partial charge < -0.3 is 9.94 Å². The molecule has 0 atom stereocenters. The van der Waals surface area contributed by atoms with Gasteiger partial charge in [-0.25, -0.2) is 5.90 Å². The summed E-state index contributed by atoms with van der Waals surface area (Å²) in [5.41, 5.74) is -0.636. The summed E-state index contributed by atoms with van der Waals surface area (Å²) < 4.78 is 36.9. The molecule has 0 heterocycles. The monoisotopic (exact) mass is 221 g/mol. The lowest BCUT2D eigenvalue weighted by molar-refractivity contribution is -0.137. The molecule has 1 aromatic carbocycles. The number of nitrogens with two attached hydrogens (primary N) is 1. The molecule has 0 saturated carbocycles. The summed E-state index contributed by atoms with van der Waals surface area (Å²) in [6, 6.07) is 2.71. The molecule has 0 aliphatic carbocycles. The number of phenolic OH excluding ortho intramolecular Hbond substituents is 1. The van der Waals surface area contributed by atoms with E-state index in [0.717, 1.165) is 18.2 Å². The smallest absolute Gasteiger partial charge is 0.416 e. The molecule has 0 amide bonds. The van der Waals surface area contributed by atoms with Crippen molar-refractivity contribution >= 4 is 0 Å². The Bertz CT molecular complexity index is 339. The van der Waals surface area contributed by atoms with Crippen LogP contribution in [0.15, 0.2) is 18.2 Å². The van der Waals surface area contributed by atoms with E-state index in [9.17, 15) is 18.3 Å². The van der Waals surface area contributed by atoms with Gasteiger partial charge in [0.1, 0.15) is 5.75 Å². The van der Waals surface area contributed by atoms with Crippen molar-refractivity contribution in [3.63, 3.8) is 0 Å². The van der Waals surface area contributed by atoms with E-state index in [-0.39, 0.29) is 24.3 Å². The number of alkyl halides is 3. The summed E-state index contributed by atoms with van der Waals surface area (Å²) in [4.78, 5) is 4.23. The summed E-state index contributed by atoms with van der Waals surface area (Å²) in [6.07, 6.45) is -4.28. The number of benzene rings is 1. The number of aromatic hydroxyl groups is 1. The van der Waals surface area contributed by atoms with Crippen LogP contribution in [0.2, 0.25) is 0 Å². The average molecular weight is 221 g/mol. The predicted octanol–water partition coefficient (Wildman–Crippen LogP) is 1.84. The fraction of sp³-hybridized carbons (Fsp3) is 0.333. The Morgan fingerprint density at radius 1 is 1.33 bits per heavy atom. The molecular weight excluding hydrogens is 211 g/mol. The van der Waals surface area contributed by atoms with Gasteiger partial charge >= 0.3 is 6.18 Å². The molecular formula is C9H10F3NO2. The number of hydrogen-bond acceptors (Lipinski definition) is 3. The van der Waals surface area contributed by atoms with Crippen molar-refractivity contribution in [2.75, 3.05) is 6.61 Å². The minimum atomic E-state index is -4.41. The van der Waals surface area contributed by atoms with Crippen molar-refractivity contribution < 1.29 is 23.1 Å². The highest BCUT2D eigenvalue weighted by Gasteiger charge is 2.30. The molecule has 15 heavy (non-hydrogen) atoms. The van der Waals surface area contributed by atoms with Crippen LogP contribution in [0.5, 0.6) is 5.75 Å². The molecule has 0 saturated heterocycles. The lowest BCUT2D eigenvalue weighted by atomic mass is 10.1. The third kappa shape index (κ3) is 3.10. The molecule has 0 spiro atoms. The quantitative estimate of drug-likeness (QED) is 0.766. The summed E-state index contributed by atoms with van der Waals surface area (Å²) >= 11 is 0. The van der Waals surface area contributed by atoms with Crippen LogP contribution in [0.1, 0.15) is 11.1 Å². The third-order valence-electron chi connectivity index (χ3n) is 1.90. The lowest BCUT2D eigenvalue weighted by Gasteiger charge is -2.09. The van der Waals surface area contributed by atoms with Crippen LogP contribution in [0.4, 0.5) is 13.2 Å². The summed E-state index contributed by atoms with van der Waals surface area (Å²) in [5.74, 6) is 4.55. The van der Waals surface area contributed by atoms with Crippen molar-refractivity contribution in [1.29, 1.82) is 0 Å². The van der Waals surface area contributed by atoms with Crippen molar-refractivity contribution in [1.82, 2.24) is 0 Å². The lowest BCUT2D eigenvalue weighted by Crippen LogP contribution is -2.07. The number of phenols is 1. The highest BCUT2D eigenvalue weighted by molar-refractivity contribution is 5.37. The molecule has 0 radical (unpaired) electrons. The molecule has 3 nitrogen and oxygen atoms in total. The fourth-order valence-electron chi connectivity index (χ4n) is 1.13. The van der Waals surface area contributed by atoms with Crippen LogP contribution in [0, 0.1) is 0 Å². The van der Waals surface area contributed by atoms with Crippen LogP contribution >= 0.6 is 0 Å². The Morgan fingerprint density at radius 2 is 2.00 bits per heavy atom. The Labute approximate surface area is 84.2 Å². The van der Waals surface area contributed by atoms with E-state index in [2.05, 4.69) is 4.84 Å². The highest BCUT2D eigenvalue weighted by Crippen LogP contribution is 2.32. The topological polar surface area (TPSA) is 55.5 Å². The summed E-state index contributed by atoms with van der Waals surface area (Å²) in [7, 11) is 0. The summed E-state index contributed by atoms with van der Waals surface area (Å²) in [5, 5.41) is 9.26. The van der Waals surface area contributed by atoms with Crippen LogP contribution in [0.3, 0.4) is 0 Å². The van der Waals surface area contributed by atoms with E-state index in [0.29, 0.717) is 0 Å². The second-order valence-corrected chi connectivity index (χ2v) is 2.96. The number of hydrogen-bond donors (Lipinski definition) is 2. The van der Waals surface area contributed by atoms with Gasteiger partial charge in [-0.3, -0.25) is 0 Å². The Balaban J connectivity index is 2.95. The van der Waals surface area contributed by atoms with Crippen LogP contribution in [-0.2, 0) is 17.4 Å². The first-order valence-corrected chi connectivity index (χ1v) is 4.16. The first kappa shape index (κ1) is 11.8. The van der Waals surface area contributed by atoms with Gasteiger partial charge in [-0.05, 0) is 23.8 Å². The van der Waals surface area contributed by atoms with Gasteiger partial charge in [0.25, 0.3) is 0 Å². The Hall–Kier alpha value is -1.27. The van der Waals surface area contributed by atoms with Gasteiger partial charge in [0, 0.05) is 6.42 Å². The largest absolute Gasteiger partial charge is 0.508 e. The minimum Gasteiger partial charge on any atom is -0.508 e. The maximum Gasteiger partial charge on any atom is 0.416 e. The summed E-state index contributed by atoms with van der Waals surface area (Å²) in [6.45, 7) is 0.0505. The van der Waals surface area contributed by atoms with E-state index in [1.165, 1.54) is 0 Å². The van der Waals surface area contributed by atoms with Gasteiger partial charge in [0.2, 0.25) is 0 Å². The Morgan fingerprint density at radius 3 is 2.53 bits per heavy atom. The standard InChI is InChI=1S/C9H10F3NO2/c10-9(11,12)7-1-2-8(14)6(5-7)3-4-15-13/h1-2,5,14H,3-4,13H2. The predicted molar refractivity (Wildman–Crippen MR) is 47.0 cm³/mol. The maximum atomic E-state index is 12.3. The molecule has 0 aliphatic heterocycles. The van der Waals surface area contributed by atoms with E-state index in [4.69, 9.17) is 5.90 Å². The molecule has 84 valence electrons. The maximum absolute atomic E-state index is 12.3. The van der Waals surface area contributed by atoms with E-state index in [1.807, 2.05) is 0 Å². The van der Waals surface area contributed by atoms with Gasteiger partial charge in [-0.15, -0.1) is 0 Å². The minimum absolute atomic E-state index is 0.0505. The van der Waals surface area contributed by atoms with Gasteiger partial charge in [0.05, 0.1) is 12.2 Å². The van der Waals surface area contributed by atoms with E-state index in [1.54, 1.807) is 0 Å². The number of rotatable bonds is 3. The first-order chi connectivity index (χ1) is 6.95. The van der Waals surface area contributed by atoms with Crippen molar-refractivity contribution in [3.05, 3.63) is 29.3 Å². The number of halogens is 3. The second-order valence-electron chi connectivity index (χ2n) is 2.96. The molecule has 0 aromatic heterocycles. The van der Waals surface area contributed by atoms with Gasteiger partial charge in [0.15, 0.2) is 0 Å². The molecule has 0 aliphatic rings. The van der Waals surface area contributed by atoms with Crippen molar-refractivity contribution in [2.24, 2.45) is 5.90 Å². The van der Waals surface area contributed by atoms with Gasteiger partial charge in [-0.1, -0.05) is 0 Å². The van der Waals surface area contributed by atoms with E-state index < -0.39 is 11.7 Å². The molecule has 3 N–H and O–H groups in total.